The number of aryl methyl sites for hydroxylation is 1. The molecule has 1 aromatic heterocycles. The largest absolute Gasteiger partial charge is 0.497 e. The Morgan fingerprint density at radius 2 is 2.22 bits per heavy atom. The molecule has 2 aromatic rings. The van der Waals surface area contributed by atoms with Crippen molar-refractivity contribution in [1.82, 2.24) is 14.9 Å². The SMILES string of the molecule is CCC(Oc1cccc(OC)c1)C(=O)NCCCn1ccnc1. The average Bonchev–Trinajstić information content (AvgIpc) is 3.10. The van der Waals surface area contributed by atoms with Crippen LogP contribution in [0.15, 0.2) is 43.0 Å². The number of amides is 1. The van der Waals surface area contributed by atoms with Crippen molar-refractivity contribution < 1.29 is 14.3 Å². The molecule has 0 spiro atoms. The molecule has 0 aliphatic rings. The zero-order valence-electron chi connectivity index (χ0n) is 13.6. The Morgan fingerprint density at radius 1 is 1.39 bits per heavy atom. The Balaban J connectivity index is 1.78. The van der Waals surface area contributed by atoms with E-state index in [9.17, 15) is 4.79 Å². The van der Waals surface area contributed by atoms with Gasteiger partial charge in [-0.2, -0.15) is 0 Å². The number of benzene rings is 1. The van der Waals surface area contributed by atoms with Gasteiger partial charge >= 0.3 is 0 Å². The van der Waals surface area contributed by atoms with Crippen molar-refractivity contribution in [1.29, 1.82) is 0 Å². The number of aromatic nitrogens is 2. The highest BCUT2D eigenvalue weighted by atomic mass is 16.5. The van der Waals surface area contributed by atoms with Crippen LogP contribution in [0.2, 0.25) is 0 Å². The Bertz CT molecular complexity index is 599. The molecular weight excluding hydrogens is 294 g/mol. The summed E-state index contributed by atoms with van der Waals surface area (Å²) in [6, 6.07) is 7.26. The van der Waals surface area contributed by atoms with E-state index >= 15 is 0 Å². The van der Waals surface area contributed by atoms with Crippen molar-refractivity contribution in [2.45, 2.75) is 32.4 Å². The first-order valence-corrected chi connectivity index (χ1v) is 7.77. The number of nitrogens with zero attached hydrogens (tertiary/aromatic N) is 2. The molecule has 1 aromatic carbocycles. The third-order valence-corrected chi connectivity index (χ3v) is 3.43. The molecule has 1 N–H and O–H groups in total. The van der Waals surface area contributed by atoms with Crippen molar-refractivity contribution in [3.05, 3.63) is 43.0 Å². The number of ether oxygens (including phenoxy) is 2. The van der Waals surface area contributed by atoms with Gasteiger partial charge in [0.1, 0.15) is 11.5 Å². The zero-order chi connectivity index (χ0) is 16.5. The number of methoxy groups -OCH3 is 1. The second-order valence-corrected chi connectivity index (χ2v) is 5.14. The maximum Gasteiger partial charge on any atom is 0.261 e. The van der Waals surface area contributed by atoms with E-state index in [1.54, 1.807) is 25.7 Å². The summed E-state index contributed by atoms with van der Waals surface area (Å²) < 4.78 is 12.9. The van der Waals surface area contributed by atoms with Gasteiger partial charge < -0.3 is 19.4 Å². The summed E-state index contributed by atoms with van der Waals surface area (Å²) >= 11 is 0. The van der Waals surface area contributed by atoms with Gasteiger partial charge in [-0.25, -0.2) is 4.98 Å². The zero-order valence-corrected chi connectivity index (χ0v) is 13.6. The first-order valence-electron chi connectivity index (χ1n) is 7.77. The summed E-state index contributed by atoms with van der Waals surface area (Å²) in [5.74, 6) is 1.24. The molecule has 1 amide bonds. The summed E-state index contributed by atoms with van der Waals surface area (Å²) in [6.07, 6.45) is 6.36. The number of hydrogen-bond acceptors (Lipinski definition) is 4. The summed E-state index contributed by atoms with van der Waals surface area (Å²) in [5, 5.41) is 2.92. The monoisotopic (exact) mass is 317 g/mol. The lowest BCUT2D eigenvalue weighted by Crippen LogP contribution is -2.38. The van der Waals surface area contributed by atoms with E-state index in [0.717, 1.165) is 13.0 Å². The van der Waals surface area contributed by atoms with Crippen molar-refractivity contribution >= 4 is 5.91 Å². The highest BCUT2D eigenvalue weighted by Crippen LogP contribution is 2.20. The van der Waals surface area contributed by atoms with Crippen molar-refractivity contribution in [2.75, 3.05) is 13.7 Å². The van der Waals surface area contributed by atoms with Gasteiger partial charge in [-0.3, -0.25) is 4.79 Å². The van der Waals surface area contributed by atoms with Crippen LogP contribution >= 0.6 is 0 Å². The highest BCUT2D eigenvalue weighted by molar-refractivity contribution is 5.81. The first kappa shape index (κ1) is 16.9. The van der Waals surface area contributed by atoms with Gasteiger partial charge in [0.25, 0.3) is 5.91 Å². The van der Waals surface area contributed by atoms with E-state index in [1.165, 1.54) is 0 Å². The summed E-state index contributed by atoms with van der Waals surface area (Å²) in [7, 11) is 1.60. The van der Waals surface area contributed by atoms with Gasteiger partial charge in [0.05, 0.1) is 13.4 Å². The predicted octanol–water partition coefficient (Wildman–Crippen LogP) is 2.26. The molecule has 6 nitrogen and oxygen atoms in total. The van der Waals surface area contributed by atoms with Crippen LogP contribution in [-0.2, 0) is 11.3 Å². The lowest BCUT2D eigenvalue weighted by atomic mass is 10.2. The number of carbonyl (C=O) groups is 1. The summed E-state index contributed by atoms with van der Waals surface area (Å²) in [6.45, 7) is 3.36. The molecule has 0 bridgehead atoms. The smallest absolute Gasteiger partial charge is 0.261 e. The van der Waals surface area contributed by atoms with Crippen molar-refractivity contribution in [3.8, 4) is 11.5 Å². The summed E-state index contributed by atoms with van der Waals surface area (Å²) in [5.41, 5.74) is 0. The normalized spacial score (nSPS) is 11.7. The molecule has 0 radical (unpaired) electrons. The number of carbonyl (C=O) groups excluding carboxylic acids is 1. The van der Waals surface area contributed by atoms with Gasteiger partial charge in [0.15, 0.2) is 6.10 Å². The third-order valence-electron chi connectivity index (χ3n) is 3.43. The van der Waals surface area contributed by atoms with E-state index in [0.29, 0.717) is 24.5 Å². The second-order valence-electron chi connectivity index (χ2n) is 5.14. The number of hydrogen-bond donors (Lipinski definition) is 1. The molecular formula is C17H23N3O3. The molecule has 0 saturated heterocycles. The minimum atomic E-state index is -0.504. The standard InChI is InChI=1S/C17H23N3O3/c1-3-16(23-15-7-4-6-14(12-15)22-2)17(21)19-8-5-10-20-11-9-18-13-20/h4,6-7,9,11-13,16H,3,5,8,10H2,1-2H3,(H,19,21). The molecule has 2 rings (SSSR count). The van der Waals surface area contributed by atoms with Crippen LogP contribution in [0, 0.1) is 0 Å². The Morgan fingerprint density at radius 3 is 2.91 bits per heavy atom. The molecule has 1 atom stereocenters. The van der Waals surface area contributed by atoms with Crippen molar-refractivity contribution in [3.63, 3.8) is 0 Å². The van der Waals surface area contributed by atoms with E-state index in [2.05, 4.69) is 10.3 Å². The average molecular weight is 317 g/mol. The van der Waals surface area contributed by atoms with Gasteiger partial charge in [0.2, 0.25) is 0 Å². The summed E-state index contributed by atoms with van der Waals surface area (Å²) in [4.78, 5) is 16.2. The van der Waals surface area contributed by atoms with Crippen LogP contribution in [0.3, 0.4) is 0 Å². The molecule has 0 aliphatic heterocycles. The topological polar surface area (TPSA) is 65.4 Å². The van der Waals surface area contributed by atoms with E-state index in [-0.39, 0.29) is 5.91 Å². The van der Waals surface area contributed by atoms with Crippen LogP contribution in [0.4, 0.5) is 0 Å². The Hall–Kier alpha value is -2.50. The fraction of sp³-hybridized carbons (Fsp3) is 0.412. The lowest BCUT2D eigenvalue weighted by molar-refractivity contribution is -0.128. The molecule has 0 fully saturated rings. The van der Waals surface area contributed by atoms with Gasteiger partial charge in [0, 0.05) is 31.5 Å². The maximum atomic E-state index is 12.2. The number of nitrogens with one attached hydrogen (secondary N) is 1. The van der Waals surface area contributed by atoms with Gasteiger partial charge in [-0.05, 0) is 25.0 Å². The molecule has 23 heavy (non-hydrogen) atoms. The second kappa shape index (κ2) is 8.82. The van der Waals surface area contributed by atoms with E-state index in [1.807, 2.05) is 35.9 Å². The maximum absolute atomic E-state index is 12.2. The molecule has 0 aliphatic carbocycles. The van der Waals surface area contributed by atoms with E-state index in [4.69, 9.17) is 9.47 Å². The Labute approximate surface area is 136 Å². The number of rotatable bonds is 9. The van der Waals surface area contributed by atoms with Crippen LogP contribution < -0.4 is 14.8 Å². The minimum absolute atomic E-state index is 0.0963. The molecule has 6 heteroatoms. The van der Waals surface area contributed by atoms with Gasteiger partial charge in [-0.15, -0.1) is 0 Å². The lowest BCUT2D eigenvalue weighted by Gasteiger charge is -2.17. The molecule has 0 saturated carbocycles. The highest BCUT2D eigenvalue weighted by Gasteiger charge is 2.17. The minimum Gasteiger partial charge on any atom is -0.497 e. The van der Waals surface area contributed by atoms with E-state index < -0.39 is 6.10 Å². The first-order chi connectivity index (χ1) is 11.2. The molecule has 1 unspecified atom stereocenters. The fourth-order valence-corrected chi connectivity index (χ4v) is 2.17. The van der Waals surface area contributed by atoms with Crippen LogP contribution in [0.25, 0.3) is 0 Å². The predicted molar refractivity (Wildman–Crippen MR) is 87.6 cm³/mol. The van der Waals surface area contributed by atoms with Crippen LogP contribution in [-0.4, -0.2) is 35.2 Å². The fourth-order valence-electron chi connectivity index (χ4n) is 2.17. The van der Waals surface area contributed by atoms with Crippen LogP contribution in [0.1, 0.15) is 19.8 Å². The quantitative estimate of drug-likeness (QED) is 0.721. The number of imidazole rings is 1. The van der Waals surface area contributed by atoms with Crippen LogP contribution in [0.5, 0.6) is 11.5 Å². The Kier molecular flexibility index (Phi) is 6.47. The molecule has 124 valence electrons. The van der Waals surface area contributed by atoms with Gasteiger partial charge in [-0.1, -0.05) is 13.0 Å². The molecule has 1 heterocycles. The third kappa shape index (κ3) is 5.32. The van der Waals surface area contributed by atoms with Crippen molar-refractivity contribution in [2.24, 2.45) is 0 Å².